The summed E-state index contributed by atoms with van der Waals surface area (Å²) in [7, 11) is 0. The second-order valence-electron chi connectivity index (χ2n) is 5.25. The Bertz CT molecular complexity index is 682. The fourth-order valence-electron chi connectivity index (χ4n) is 1.88. The number of amides is 1. The molecule has 22 heavy (non-hydrogen) atoms. The van der Waals surface area contributed by atoms with Crippen LogP contribution in [0.15, 0.2) is 47.3 Å². The Morgan fingerprint density at radius 3 is 2.68 bits per heavy atom. The van der Waals surface area contributed by atoms with Crippen molar-refractivity contribution in [2.75, 3.05) is 13.1 Å². The molecular weight excluding hydrogens is 280 g/mol. The van der Waals surface area contributed by atoms with E-state index < -0.39 is 0 Å². The van der Waals surface area contributed by atoms with Gasteiger partial charge in [-0.05, 0) is 24.1 Å². The number of carbonyl (C=O) groups excluding carboxylic acids is 1. The van der Waals surface area contributed by atoms with Crippen molar-refractivity contribution in [3.05, 3.63) is 64.1 Å². The lowest BCUT2D eigenvalue weighted by atomic mass is 10.2. The molecule has 0 saturated carbocycles. The SMILES string of the molecule is CC(CN)CNC(=O)c1ccc(=O)n(Cc2ccccc2)n1. The molecule has 2 rings (SSSR count). The van der Waals surface area contributed by atoms with Gasteiger partial charge in [0.25, 0.3) is 11.5 Å². The third-order valence-corrected chi connectivity index (χ3v) is 3.29. The van der Waals surface area contributed by atoms with Gasteiger partial charge in [0.2, 0.25) is 0 Å². The molecule has 1 atom stereocenters. The molecule has 0 spiro atoms. The van der Waals surface area contributed by atoms with Gasteiger partial charge in [-0.25, -0.2) is 4.68 Å². The highest BCUT2D eigenvalue weighted by Crippen LogP contribution is 2.00. The Labute approximate surface area is 129 Å². The maximum atomic E-state index is 12.1. The van der Waals surface area contributed by atoms with Crippen LogP contribution in [-0.2, 0) is 6.54 Å². The van der Waals surface area contributed by atoms with Crippen molar-refractivity contribution < 1.29 is 4.79 Å². The Morgan fingerprint density at radius 1 is 1.27 bits per heavy atom. The number of hydrogen-bond donors (Lipinski definition) is 2. The normalized spacial score (nSPS) is 11.9. The summed E-state index contributed by atoms with van der Waals surface area (Å²) in [6, 6.07) is 12.3. The van der Waals surface area contributed by atoms with Crippen LogP contribution in [0.25, 0.3) is 0 Å². The van der Waals surface area contributed by atoms with Crippen LogP contribution in [0.4, 0.5) is 0 Å². The maximum Gasteiger partial charge on any atom is 0.271 e. The minimum Gasteiger partial charge on any atom is -0.350 e. The first kappa shape index (κ1) is 15.9. The summed E-state index contributed by atoms with van der Waals surface area (Å²) in [4.78, 5) is 23.9. The smallest absolute Gasteiger partial charge is 0.271 e. The molecule has 6 heteroatoms. The Kier molecular flexibility index (Phi) is 5.43. The van der Waals surface area contributed by atoms with Gasteiger partial charge in [-0.2, -0.15) is 5.10 Å². The van der Waals surface area contributed by atoms with Gasteiger partial charge in [0.1, 0.15) is 5.69 Å². The fraction of sp³-hybridized carbons (Fsp3) is 0.312. The molecule has 0 fully saturated rings. The summed E-state index contributed by atoms with van der Waals surface area (Å²) >= 11 is 0. The number of rotatable bonds is 6. The highest BCUT2D eigenvalue weighted by molar-refractivity contribution is 5.91. The lowest BCUT2D eigenvalue weighted by Crippen LogP contribution is -2.33. The molecule has 0 radical (unpaired) electrons. The topological polar surface area (TPSA) is 90.0 Å². The lowest BCUT2D eigenvalue weighted by molar-refractivity contribution is 0.0941. The van der Waals surface area contributed by atoms with Crippen molar-refractivity contribution in [1.29, 1.82) is 0 Å². The van der Waals surface area contributed by atoms with E-state index in [9.17, 15) is 9.59 Å². The number of benzene rings is 1. The van der Waals surface area contributed by atoms with E-state index >= 15 is 0 Å². The van der Waals surface area contributed by atoms with Crippen LogP contribution in [-0.4, -0.2) is 28.8 Å². The molecule has 1 unspecified atom stereocenters. The van der Waals surface area contributed by atoms with Crippen LogP contribution in [0.1, 0.15) is 23.0 Å². The highest BCUT2D eigenvalue weighted by Gasteiger charge is 2.10. The zero-order valence-electron chi connectivity index (χ0n) is 12.5. The van der Waals surface area contributed by atoms with Gasteiger partial charge < -0.3 is 11.1 Å². The van der Waals surface area contributed by atoms with Gasteiger partial charge in [0.05, 0.1) is 6.54 Å². The van der Waals surface area contributed by atoms with Crippen molar-refractivity contribution in [3.63, 3.8) is 0 Å². The van der Waals surface area contributed by atoms with Crippen LogP contribution in [0, 0.1) is 5.92 Å². The van der Waals surface area contributed by atoms with Gasteiger partial charge in [-0.3, -0.25) is 9.59 Å². The molecule has 1 amide bonds. The quantitative estimate of drug-likeness (QED) is 0.818. The standard InChI is InChI=1S/C16H20N4O2/c1-12(9-17)10-18-16(22)14-7-8-15(21)20(19-14)11-13-5-3-2-4-6-13/h2-8,12H,9-11,17H2,1H3,(H,18,22). The van der Waals surface area contributed by atoms with E-state index in [0.29, 0.717) is 19.6 Å². The minimum atomic E-state index is -0.304. The summed E-state index contributed by atoms with van der Waals surface area (Å²) in [5.74, 6) is -0.110. The van der Waals surface area contributed by atoms with E-state index in [2.05, 4.69) is 10.4 Å². The predicted octanol–water partition coefficient (Wildman–Crippen LogP) is 0.616. The van der Waals surface area contributed by atoms with Crippen molar-refractivity contribution in [1.82, 2.24) is 15.1 Å². The molecule has 0 saturated heterocycles. The monoisotopic (exact) mass is 300 g/mol. The molecule has 3 N–H and O–H groups in total. The van der Waals surface area contributed by atoms with Crippen molar-refractivity contribution in [2.24, 2.45) is 11.7 Å². The third kappa shape index (κ3) is 4.26. The zero-order chi connectivity index (χ0) is 15.9. The first-order chi connectivity index (χ1) is 10.6. The van der Waals surface area contributed by atoms with Crippen LogP contribution >= 0.6 is 0 Å². The number of carbonyl (C=O) groups is 1. The average molecular weight is 300 g/mol. The number of nitrogens with two attached hydrogens (primary N) is 1. The van der Waals surface area contributed by atoms with Crippen molar-refractivity contribution >= 4 is 5.91 Å². The molecule has 0 aliphatic rings. The number of nitrogens with zero attached hydrogens (tertiary/aromatic N) is 2. The van der Waals surface area contributed by atoms with Gasteiger partial charge in [0.15, 0.2) is 0 Å². The number of aromatic nitrogens is 2. The number of hydrogen-bond acceptors (Lipinski definition) is 4. The highest BCUT2D eigenvalue weighted by atomic mass is 16.2. The summed E-state index contributed by atoms with van der Waals surface area (Å²) < 4.78 is 1.29. The maximum absolute atomic E-state index is 12.1. The molecule has 1 heterocycles. The van der Waals surface area contributed by atoms with Gasteiger partial charge >= 0.3 is 0 Å². The minimum absolute atomic E-state index is 0.194. The predicted molar refractivity (Wildman–Crippen MR) is 84.6 cm³/mol. The average Bonchev–Trinajstić information content (AvgIpc) is 2.55. The molecule has 0 aliphatic heterocycles. The van der Waals surface area contributed by atoms with E-state index in [1.807, 2.05) is 37.3 Å². The van der Waals surface area contributed by atoms with Crippen LogP contribution in [0.3, 0.4) is 0 Å². The Morgan fingerprint density at radius 2 is 2.00 bits per heavy atom. The molecule has 6 nitrogen and oxygen atoms in total. The van der Waals surface area contributed by atoms with Crippen LogP contribution in [0.5, 0.6) is 0 Å². The summed E-state index contributed by atoms with van der Waals surface area (Å²) in [5, 5.41) is 6.90. The summed E-state index contributed by atoms with van der Waals surface area (Å²) in [6.07, 6.45) is 0. The molecule has 0 aliphatic carbocycles. The van der Waals surface area contributed by atoms with Gasteiger partial charge in [0, 0.05) is 12.6 Å². The molecule has 2 aromatic rings. The molecule has 1 aromatic carbocycles. The van der Waals surface area contributed by atoms with E-state index in [-0.39, 0.29) is 23.1 Å². The molecule has 0 bridgehead atoms. The lowest BCUT2D eigenvalue weighted by Gasteiger charge is -2.10. The van der Waals surface area contributed by atoms with Gasteiger partial charge in [-0.15, -0.1) is 0 Å². The first-order valence-electron chi connectivity index (χ1n) is 7.20. The van der Waals surface area contributed by atoms with Crippen LogP contribution < -0.4 is 16.6 Å². The Balaban J connectivity index is 2.13. The second-order valence-corrected chi connectivity index (χ2v) is 5.25. The molecule has 1 aromatic heterocycles. The van der Waals surface area contributed by atoms with E-state index in [1.54, 1.807) is 0 Å². The van der Waals surface area contributed by atoms with E-state index in [0.717, 1.165) is 5.56 Å². The third-order valence-electron chi connectivity index (χ3n) is 3.29. The van der Waals surface area contributed by atoms with Crippen LogP contribution in [0.2, 0.25) is 0 Å². The Hall–Kier alpha value is -2.47. The summed E-state index contributed by atoms with van der Waals surface area (Å²) in [5.41, 5.74) is 6.45. The van der Waals surface area contributed by atoms with Crippen molar-refractivity contribution in [3.8, 4) is 0 Å². The van der Waals surface area contributed by atoms with Crippen molar-refractivity contribution in [2.45, 2.75) is 13.5 Å². The molecule has 116 valence electrons. The van der Waals surface area contributed by atoms with E-state index in [4.69, 9.17) is 5.73 Å². The zero-order valence-corrected chi connectivity index (χ0v) is 12.5. The number of nitrogens with one attached hydrogen (secondary N) is 1. The summed E-state index contributed by atoms with van der Waals surface area (Å²) in [6.45, 7) is 3.26. The molecular formula is C16H20N4O2. The van der Waals surface area contributed by atoms with E-state index in [1.165, 1.54) is 16.8 Å². The second kappa shape index (κ2) is 7.51. The first-order valence-corrected chi connectivity index (χ1v) is 7.20. The largest absolute Gasteiger partial charge is 0.350 e. The van der Waals surface area contributed by atoms with Gasteiger partial charge in [-0.1, -0.05) is 37.3 Å². The fourth-order valence-corrected chi connectivity index (χ4v) is 1.88.